The van der Waals surface area contributed by atoms with Crippen molar-refractivity contribution in [3.63, 3.8) is 0 Å². The number of carbonyl (C=O) groups is 1. The molecule has 1 saturated carbocycles. The summed E-state index contributed by atoms with van der Waals surface area (Å²) in [5.41, 5.74) is 1.34. The van der Waals surface area contributed by atoms with Gasteiger partial charge in [0.1, 0.15) is 5.03 Å². The lowest BCUT2D eigenvalue weighted by Crippen LogP contribution is -2.49. The normalized spacial score (nSPS) is 34.0. The van der Waals surface area contributed by atoms with E-state index in [-0.39, 0.29) is 6.04 Å². The zero-order valence-corrected chi connectivity index (χ0v) is 16.6. The molecule has 0 radical (unpaired) electrons. The van der Waals surface area contributed by atoms with E-state index in [0.29, 0.717) is 29.4 Å². The van der Waals surface area contributed by atoms with Crippen LogP contribution in [0.1, 0.15) is 25.7 Å². The highest BCUT2D eigenvalue weighted by Crippen LogP contribution is 2.42. The third-order valence-electron chi connectivity index (χ3n) is 6.63. The van der Waals surface area contributed by atoms with Crippen LogP contribution in [0, 0.1) is 17.8 Å². The van der Waals surface area contributed by atoms with E-state index in [4.69, 9.17) is 0 Å². The van der Waals surface area contributed by atoms with Gasteiger partial charge in [0.15, 0.2) is 5.82 Å². The van der Waals surface area contributed by atoms with E-state index in [9.17, 15) is 9.90 Å². The van der Waals surface area contributed by atoms with Gasteiger partial charge in [0, 0.05) is 38.4 Å². The molecule has 5 rings (SSSR count). The number of hydrogen-bond donors (Lipinski definition) is 2. The van der Waals surface area contributed by atoms with Crippen molar-refractivity contribution in [1.29, 1.82) is 0 Å². The molecule has 2 N–H and O–H groups in total. The van der Waals surface area contributed by atoms with Crippen LogP contribution < -0.4 is 5.32 Å². The second-order valence-electron chi connectivity index (χ2n) is 8.47. The van der Waals surface area contributed by atoms with E-state index in [0.717, 1.165) is 30.5 Å². The molecule has 4 atom stereocenters. The Hall–Kier alpha value is -1.86. The lowest BCUT2D eigenvalue weighted by atomic mass is 9.67. The van der Waals surface area contributed by atoms with Crippen molar-refractivity contribution in [1.82, 2.24) is 14.9 Å². The van der Waals surface area contributed by atoms with Gasteiger partial charge in [0.05, 0.1) is 11.3 Å². The quantitative estimate of drug-likeness (QED) is 0.807. The van der Waals surface area contributed by atoms with Gasteiger partial charge in [-0.15, -0.1) is 0 Å². The average molecular weight is 399 g/mol. The van der Waals surface area contributed by atoms with Crippen molar-refractivity contribution in [2.24, 2.45) is 17.8 Å². The molecule has 2 aliphatic heterocycles. The number of aliphatic carboxylic acids is 1. The van der Waals surface area contributed by atoms with Gasteiger partial charge in [-0.3, -0.25) is 9.69 Å². The van der Waals surface area contributed by atoms with Gasteiger partial charge in [-0.05, 0) is 36.2 Å². The first-order chi connectivity index (χ1) is 13.7. The van der Waals surface area contributed by atoms with Gasteiger partial charge in [-0.25, -0.2) is 9.97 Å². The molecule has 2 bridgehead atoms. The number of carboxylic acids is 1. The molecular weight excluding hydrogens is 372 g/mol. The number of anilines is 1. The monoisotopic (exact) mass is 398 g/mol. The Morgan fingerprint density at radius 3 is 2.82 bits per heavy atom. The lowest BCUT2D eigenvalue weighted by molar-refractivity contribution is -0.140. The standard InChI is InChI=1S/C21H26N4O2S/c26-19(27)9-16-14-2-1-3-15(16)12-25(11-14)10-13-4-5-18-17(8-13)24-20-21(28-18)23-7-6-22-20/h4-8,14-18H,1-3,9-12H2,(H,22,24)(H,26,27). The fraction of sp³-hybridized carbons (Fsp3) is 0.571. The molecule has 7 heteroatoms. The third kappa shape index (κ3) is 3.57. The number of thioether (sulfide) groups is 1. The van der Waals surface area contributed by atoms with Gasteiger partial charge in [-0.1, -0.05) is 36.4 Å². The maximum absolute atomic E-state index is 11.3. The fourth-order valence-corrected chi connectivity index (χ4v) is 6.48. The van der Waals surface area contributed by atoms with Crippen LogP contribution in [0.2, 0.25) is 0 Å². The SMILES string of the molecule is O=C(O)CC1C2CCCC1CN(CC1=CC3Nc4nccnc4SC3C=C1)C2. The summed E-state index contributed by atoms with van der Waals surface area (Å²) >= 11 is 1.77. The zero-order chi connectivity index (χ0) is 19.1. The van der Waals surface area contributed by atoms with Crippen molar-refractivity contribution < 1.29 is 9.90 Å². The highest BCUT2D eigenvalue weighted by atomic mass is 32.2. The number of aromatic nitrogens is 2. The van der Waals surface area contributed by atoms with E-state index in [1.165, 1.54) is 24.8 Å². The molecule has 148 valence electrons. The minimum Gasteiger partial charge on any atom is -0.481 e. The van der Waals surface area contributed by atoms with Gasteiger partial charge in [-0.2, -0.15) is 0 Å². The number of hydrogen-bond acceptors (Lipinski definition) is 6. The summed E-state index contributed by atoms with van der Waals surface area (Å²) in [4.78, 5) is 22.6. The van der Waals surface area contributed by atoms with Crippen molar-refractivity contribution in [3.05, 3.63) is 36.2 Å². The third-order valence-corrected chi connectivity index (χ3v) is 7.87. The molecule has 28 heavy (non-hydrogen) atoms. The van der Waals surface area contributed by atoms with E-state index in [2.05, 4.69) is 38.4 Å². The second kappa shape index (κ2) is 7.52. The second-order valence-corrected chi connectivity index (χ2v) is 9.64. The van der Waals surface area contributed by atoms with Crippen LogP contribution in [0.3, 0.4) is 0 Å². The molecule has 0 aromatic carbocycles. The number of fused-ring (bicyclic) bond motifs is 4. The molecule has 2 fully saturated rings. The molecule has 2 aliphatic carbocycles. The fourth-order valence-electron chi connectivity index (χ4n) is 5.43. The maximum Gasteiger partial charge on any atom is 0.303 e. The molecule has 3 heterocycles. The molecule has 1 aromatic rings. The van der Waals surface area contributed by atoms with Crippen molar-refractivity contribution in [2.45, 2.75) is 42.0 Å². The first-order valence-electron chi connectivity index (χ1n) is 10.2. The number of likely N-dealkylation sites (tertiary alicyclic amines) is 1. The van der Waals surface area contributed by atoms with Gasteiger partial charge < -0.3 is 10.4 Å². The summed E-state index contributed by atoms with van der Waals surface area (Å²) in [5, 5.41) is 14.1. The maximum atomic E-state index is 11.3. The van der Waals surface area contributed by atoms with Crippen LogP contribution in [-0.4, -0.2) is 56.9 Å². The van der Waals surface area contributed by atoms with Crippen LogP contribution in [0.4, 0.5) is 5.82 Å². The van der Waals surface area contributed by atoms with E-state index in [1.807, 2.05) is 0 Å². The Morgan fingerprint density at radius 2 is 2.04 bits per heavy atom. The van der Waals surface area contributed by atoms with Crippen molar-refractivity contribution >= 4 is 23.5 Å². The van der Waals surface area contributed by atoms with Gasteiger partial charge in [0.2, 0.25) is 0 Å². The summed E-state index contributed by atoms with van der Waals surface area (Å²) in [5.74, 6) is 1.69. The molecule has 0 amide bonds. The Kier molecular flexibility index (Phi) is 4.88. The highest BCUT2D eigenvalue weighted by Gasteiger charge is 2.40. The summed E-state index contributed by atoms with van der Waals surface area (Å²) in [7, 11) is 0. The van der Waals surface area contributed by atoms with Gasteiger partial charge >= 0.3 is 5.97 Å². The van der Waals surface area contributed by atoms with Crippen LogP contribution in [0.5, 0.6) is 0 Å². The van der Waals surface area contributed by atoms with Crippen LogP contribution in [0.25, 0.3) is 0 Å². The Labute approximate surface area is 169 Å². The highest BCUT2D eigenvalue weighted by molar-refractivity contribution is 8.00. The van der Waals surface area contributed by atoms with Crippen LogP contribution in [0.15, 0.2) is 41.2 Å². The van der Waals surface area contributed by atoms with Crippen LogP contribution >= 0.6 is 11.8 Å². The van der Waals surface area contributed by atoms with Crippen LogP contribution in [-0.2, 0) is 4.79 Å². The number of carboxylic acid groups (broad SMARTS) is 1. The molecular formula is C21H26N4O2S. The molecule has 6 nitrogen and oxygen atoms in total. The largest absolute Gasteiger partial charge is 0.481 e. The summed E-state index contributed by atoms with van der Waals surface area (Å²) in [6.45, 7) is 3.01. The zero-order valence-electron chi connectivity index (χ0n) is 15.8. The predicted octanol–water partition coefficient (Wildman–Crippen LogP) is 3.05. The molecule has 1 aromatic heterocycles. The molecule has 4 unspecified atom stereocenters. The Morgan fingerprint density at radius 1 is 1.25 bits per heavy atom. The topological polar surface area (TPSA) is 78.4 Å². The smallest absolute Gasteiger partial charge is 0.303 e. The lowest BCUT2D eigenvalue weighted by Gasteiger charge is -2.47. The van der Waals surface area contributed by atoms with Gasteiger partial charge in [0.25, 0.3) is 0 Å². The molecule has 4 aliphatic rings. The number of nitrogens with zero attached hydrogens (tertiary/aromatic N) is 3. The number of piperidine rings is 1. The van der Waals surface area contributed by atoms with Crippen molar-refractivity contribution in [3.8, 4) is 0 Å². The summed E-state index contributed by atoms with van der Waals surface area (Å²) in [6, 6.07) is 0.248. The van der Waals surface area contributed by atoms with E-state index in [1.54, 1.807) is 24.2 Å². The summed E-state index contributed by atoms with van der Waals surface area (Å²) in [6.07, 6.45) is 14.3. The molecule has 0 spiro atoms. The number of nitrogens with one attached hydrogen (secondary N) is 1. The Balaban J connectivity index is 1.26. The van der Waals surface area contributed by atoms with E-state index < -0.39 is 5.97 Å². The van der Waals surface area contributed by atoms with Crippen molar-refractivity contribution in [2.75, 3.05) is 25.0 Å². The molecule has 1 saturated heterocycles. The summed E-state index contributed by atoms with van der Waals surface area (Å²) < 4.78 is 0. The average Bonchev–Trinajstić information content (AvgIpc) is 2.66. The Bertz CT molecular complexity index is 812. The van der Waals surface area contributed by atoms with E-state index >= 15 is 0 Å². The first kappa shape index (κ1) is 18.2. The first-order valence-corrected chi connectivity index (χ1v) is 11.1. The minimum atomic E-state index is -0.636. The predicted molar refractivity (Wildman–Crippen MR) is 109 cm³/mol. The number of rotatable bonds is 4. The minimum absolute atomic E-state index is 0.248.